The van der Waals surface area contributed by atoms with Crippen molar-refractivity contribution in [1.82, 2.24) is 10.6 Å². The van der Waals surface area contributed by atoms with E-state index in [1.165, 1.54) is 0 Å². The van der Waals surface area contributed by atoms with Crippen LogP contribution in [0.2, 0.25) is 0 Å². The summed E-state index contributed by atoms with van der Waals surface area (Å²) >= 11 is 0. The maximum Gasteiger partial charge on any atom is 0.158 e. The number of hydrogen-bond donors (Lipinski definition) is 2. The highest BCUT2D eigenvalue weighted by molar-refractivity contribution is 5.85. The highest BCUT2D eigenvalue weighted by Gasteiger charge is 2.35. The van der Waals surface area contributed by atoms with Gasteiger partial charge in [0.15, 0.2) is 5.72 Å². The number of methoxy groups -OCH3 is 1. The molecule has 5 heteroatoms. The number of aldehydes is 1. The predicted octanol–water partition coefficient (Wildman–Crippen LogP) is 0.913. The van der Waals surface area contributed by atoms with Crippen LogP contribution in [0.4, 0.5) is 0 Å². The third-order valence-corrected chi connectivity index (χ3v) is 2.96. The number of ether oxygens (including phenoxy) is 1. The van der Waals surface area contributed by atoms with Crippen LogP contribution < -0.4 is 10.6 Å². The monoisotopic (exact) mass is 256 g/mol. The summed E-state index contributed by atoms with van der Waals surface area (Å²) in [6.45, 7) is 2.39. The SMILES string of the molecule is CO[C@@]1(c2ccccc2C=O)CNCCN1.Cl. The summed E-state index contributed by atoms with van der Waals surface area (Å²) in [6.07, 6.45) is 0.867. The molecule has 1 aliphatic rings. The van der Waals surface area contributed by atoms with E-state index in [0.29, 0.717) is 12.1 Å². The van der Waals surface area contributed by atoms with E-state index >= 15 is 0 Å². The third-order valence-electron chi connectivity index (χ3n) is 2.96. The lowest BCUT2D eigenvalue weighted by atomic mass is 9.96. The Hall–Kier alpha value is -0.940. The molecule has 1 saturated heterocycles. The number of hydrogen-bond acceptors (Lipinski definition) is 4. The maximum atomic E-state index is 11.0. The van der Waals surface area contributed by atoms with Crippen molar-refractivity contribution in [1.29, 1.82) is 0 Å². The molecule has 2 N–H and O–H groups in total. The minimum absolute atomic E-state index is 0. The molecule has 1 aromatic rings. The van der Waals surface area contributed by atoms with Crippen molar-refractivity contribution in [2.45, 2.75) is 5.72 Å². The molecular weight excluding hydrogens is 240 g/mol. The lowest BCUT2D eigenvalue weighted by Crippen LogP contribution is -2.58. The Morgan fingerprint density at radius 2 is 2.12 bits per heavy atom. The molecule has 1 aromatic carbocycles. The minimum Gasteiger partial charge on any atom is -0.358 e. The summed E-state index contributed by atoms with van der Waals surface area (Å²) in [5, 5.41) is 6.60. The average molecular weight is 257 g/mol. The van der Waals surface area contributed by atoms with Crippen molar-refractivity contribution in [2.24, 2.45) is 0 Å². The lowest BCUT2D eigenvalue weighted by molar-refractivity contribution is -0.0539. The zero-order valence-corrected chi connectivity index (χ0v) is 10.5. The number of piperazine rings is 1. The van der Waals surface area contributed by atoms with Gasteiger partial charge >= 0.3 is 0 Å². The van der Waals surface area contributed by atoms with E-state index in [4.69, 9.17) is 4.74 Å². The van der Waals surface area contributed by atoms with Crippen LogP contribution in [0.3, 0.4) is 0 Å². The van der Waals surface area contributed by atoms with Crippen molar-refractivity contribution < 1.29 is 9.53 Å². The summed E-state index contributed by atoms with van der Waals surface area (Å²) in [6, 6.07) is 7.50. The summed E-state index contributed by atoms with van der Waals surface area (Å²) in [5.41, 5.74) is 0.968. The van der Waals surface area contributed by atoms with Gasteiger partial charge in [0, 0.05) is 37.9 Å². The smallest absolute Gasteiger partial charge is 0.158 e. The fourth-order valence-electron chi connectivity index (χ4n) is 2.09. The fraction of sp³-hybridized carbons (Fsp3) is 0.417. The Kier molecular flexibility index (Phi) is 5.08. The van der Waals surface area contributed by atoms with Crippen LogP contribution in [0.5, 0.6) is 0 Å². The van der Waals surface area contributed by atoms with Gasteiger partial charge in [-0.25, -0.2) is 0 Å². The second-order valence-electron chi connectivity index (χ2n) is 3.84. The number of nitrogens with one attached hydrogen (secondary N) is 2. The maximum absolute atomic E-state index is 11.0. The van der Waals surface area contributed by atoms with Crippen LogP contribution in [0.25, 0.3) is 0 Å². The van der Waals surface area contributed by atoms with Gasteiger partial charge < -0.3 is 10.1 Å². The van der Waals surface area contributed by atoms with Crippen molar-refractivity contribution >= 4 is 18.7 Å². The zero-order chi connectivity index (χ0) is 11.4. The Labute approximate surface area is 107 Å². The van der Waals surface area contributed by atoms with Gasteiger partial charge in [-0.1, -0.05) is 24.3 Å². The predicted molar refractivity (Wildman–Crippen MR) is 68.6 cm³/mol. The van der Waals surface area contributed by atoms with E-state index in [-0.39, 0.29) is 12.4 Å². The first-order valence-corrected chi connectivity index (χ1v) is 5.38. The molecule has 0 aromatic heterocycles. The molecule has 0 unspecified atom stereocenters. The van der Waals surface area contributed by atoms with Crippen LogP contribution in [0.15, 0.2) is 24.3 Å². The molecule has 17 heavy (non-hydrogen) atoms. The van der Waals surface area contributed by atoms with Crippen LogP contribution >= 0.6 is 12.4 Å². The molecule has 1 aliphatic heterocycles. The van der Waals surface area contributed by atoms with Gasteiger partial charge in [-0.2, -0.15) is 0 Å². The molecule has 1 atom stereocenters. The summed E-state index contributed by atoms with van der Waals surface area (Å²) in [7, 11) is 1.65. The van der Waals surface area contributed by atoms with Gasteiger partial charge in [0.2, 0.25) is 0 Å². The van der Waals surface area contributed by atoms with E-state index in [0.717, 1.165) is 24.9 Å². The minimum atomic E-state index is -0.588. The molecule has 1 fully saturated rings. The van der Waals surface area contributed by atoms with Crippen LogP contribution in [0.1, 0.15) is 15.9 Å². The Morgan fingerprint density at radius 3 is 2.71 bits per heavy atom. The summed E-state index contributed by atoms with van der Waals surface area (Å²) in [5.74, 6) is 0. The zero-order valence-electron chi connectivity index (χ0n) is 9.73. The van der Waals surface area contributed by atoms with Crippen molar-refractivity contribution in [3.8, 4) is 0 Å². The first-order valence-electron chi connectivity index (χ1n) is 5.38. The van der Waals surface area contributed by atoms with E-state index in [2.05, 4.69) is 10.6 Å². The van der Waals surface area contributed by atoms with Crippen molar-refractivity contribution in [3.05, 3.63) is 35.4 Å². The molecule has 0 radical (unpaired) electrons. The molecule has 0 amide bonds. The molecule has 94 valence electrons. The molecule has 4 nitrogen and oxygen atoms in total. The summed E-state index contributed by atoms with van der Waals surface area (Å²) < 4.78 is 5.57. The van der Waals surface area contributed by atoms with Crippen LogP contribution in [0, 0.1) is 0 Å². The van der Waals surface area contributed by atoms with Crippen LogP contribution in [-0.2, 0) is 10.5 Å². The van der Waals surface area contributed by atoms with Crippen LogP contribution in [-0.4, -0.2) is 33.0 Å². The van der Waals surface area contributed by atoms with Gasteiger partial charge in [0.25, 0.3) is 0 Å². The summed E-state index contributed by atoms with van der Waals surface area (Å²) in [4.78, 5) is 11.0. The highest BCUT2D eigenvalue weighted by atomic mass is 35.5. The quantitative estimate of drug-likeness (QED) is 0.790. The van der Waals surface area contributed by atoms with E-state index < -0.39 is 5.72 Å². The van der Waals surface area contributed by atoms with E-state index in [1.54, 1.807) is 13.2 Å². The number of rotatable bonds is 3. The molecule has 1 heterocycles. The molecule has 0 aliphatic carbocycles. The van der Waals surface area contributed by atoms with Crippen molar-refractivity contribution in [2.75, 3.05) is 26.7 Å². The fourth-order valence-corrected chi connectivity index (χ4v) is 2.09. The van der Waals surface area contributed by atoms with E-state index in [9.17, 15) is 4.79 Å². The van der Waals surface area contributed by atoms with Gasteiger partial charge in [-0.15, -0.1) is 12.4 Å². The second kappa shape index (κ2) is 6.12. The first-order chi connectivity index (χ1) is 7.82. The molecule has 0 saturated carbocycles. The average Bonchev–Trinajstić information content (AvgIpc) is 2.39. The number of carbonyl (C=O) groups excluding carboxylic acids is 1. The van der Waals surface area contributed by atoms with Gasteiger partial charge in [-0.05, 0) is 0 Å². The van der Waals surface area contributed by atoms with Crippen molar-refractivity contribution in [3.63, 3.8) is 0 Å². The number of carbonyl (C=O) groups is 1. The largest absolute Gasteiger partial charge is 0.358 e. The number of halogens is 1. The normalized spacial score (nSPS) is 23.8. The first kappa shape index (κ1) is 14.1. The topological polar surface area (TPSA) is 50.4 Å². The molecule has 0 spiro atoms. The van der Waals surface area contributed by atoms with Gasteiger partial charge in [0.05, 0.1) is 0 Å². The molecule has 0 bridgehead atoms. The Balaban J connectivity index is 0.00000144. The second-order valence-corrected chi connectivity index (χ2v) is 3.84. The Morgan fingerprint density at radius 1 is 1.35 bits per heavy atom. The molecular formula is C12H17ClN2O2. The standard InChI is InChI=1S/C12H16N2O2.ClH/c1-16-12(9-13-6-7-14-12)11-5-3-2-4-10(11)8-15;/h2-5,8,13-14H,6-7,9H2,1H3;1H/t12-;/m1./s1. The Bertz CT molecular complexity index is 379. The van der Waals surface area contributed by atoms with E-state index in [1.807, 2.05) is 18.2 Å². The van der Waals surface area contributed by atoms with Gasteiger partial charge in [0.1, 0.15) is 6.29 Å². The van der Waals surface area contributed by atoms with Gasteiger partial charge in [-0.3, -0.25) is 10.1 Å². The number of benzene rings is 1. The lowest BCUT2D eigenvalue weighted by Gasteiger charge is -2.38. The third kappa shape index (κ3) is 2.66. The molecule has 2 rings (SSSR count). The highest BCUT2D eigenvalue weighted by Crippen LogP contribution is 2.25.